The van der Waals surface area contributed by atoms with Gasteiger partial charge in [0.05, 0.1) is 11.1 Å². The summed E-state index contributed by atoms with van der Waals surface area (Å²) in [7, 11) is 0. The van der Waals surface area contributed by atoms with E-state index in [4.69, 9.17) is 0 Å². The molecule has 2 aromatic carbocycles. The van der Waals surface area contributed by atoms with E-state index in [2.05, 4.69) is 5.32 Å². The molecule has 0 aliphatic rings. The molecule has 26 heavy (non-hydrogen) atoms. The summed E-state index contributed by atoms with van der Waals surface area (Å²) in [6, 6.07) is 12.9. The normalized spacial score (nSPS) is 12.2. The van der Waals surface area contributed by atoms with Gasteiger partial charge in [-0.05, 0) is 35.9 Å². The summed E-state index contributed by atoms with van der Waals surface area (Å²) in [5, 5.41) is 2.63. The van der Waals surface area contributed by atoms with E-state index in [0.717, 1.165) is 12.1 Å². The molecule has 0 spiro atoms. The van der Waals surface area contributed by atoms with Crippen molar-refractivity contribution in [2.45, 2.75) is 20.0 Å². The van der Waals surface area contributed by atoms with Gasteiger partial charge in [-0.2, -0.15) is 13.2 Å². The van der Waals surface area contributed by atoms with Crippen molar-refractivity contribution < 1.29 is 22.8 Å². The Kier molecular flexibility index (Phi) is 5.97. The highest BCUT2D eigenvalue weighted by atomic mass is 19.4. The summed E-state index contributed by atoms with van der Waals surface area (Å²) in [6.07, 6.45) is -3.13. The van der Waals surface area contributed by atoms with Crippen molar-refractivity contribution in [3.8, 4) is 0 Å². The maximum Gasteiger partial charge on any atom is 0.416 e. The summed E-state index contributed by atoms with van der Waals surface area (Å²) in [5.41, 5.74) is -0.0404. The van der Waals surface area contributed by atoms with E-state index < -0.39 is 29.3 Å². The fourth-order valence-corrected chi connectivity index (χ4v) is 2.21. The number of carbonyl (C=O) groups excluding carboxylic acids is 2. The highest BCUT2D eigenvalue weighted by molar-refractivity contribution is 6.26. The Labute approximate surface area is 149 Å². The minimum absolute atomic E-state index is 0.108. The van der Waals surface area contributed by atoms with Crippen LogP contribution in [0.2, 0.25) is 0 Å². The number of Topliss-reactive ketones (excluding diaryl/α,β-unsaturated/α-hetero) is 1. The average Bonchev–Trinajstić information content (AvgIpc) is 2.59. The lowest BCUT2D eigenvalue weighted by Gasteiger charge is -2.11. The maximum absolute atomic E-state index is 12.7. The quantitative estimate of drug-likeness (QED) is 0.465. The molecule has 0 aliphatic carbocycles. The van der Waals surface area contributed by atoms with Crippen LogP contribution in [0.3, 0.4) is 0 Å². The molecular weight excluding hydrogens is 343 g/mol. The Balaban J connectivity index is 2.33. The lowest BCUT2D eigenvalue weighted by Crippen LogP contribution is -2.23. The number of rotatable bonds is 5. The second-order valence-corrected chi connectivity index (χ2v) is 6.02. The number of benzene rings is 2. The summed E-state index contributed by atoms with van der Waals surface area (Å²) in [6.45, 7) is 3.30. The Morgan fingerprint density at radius 2 is 1.54 bits per heavy atom. The molecule has 2 rings (SSSR count). The first kappa shape index (κ1) is 19.4. The molecule has 0 radical (unpaired) electrons. The molecule has 136 valence electrons. The number of hydrogen-bond donors (Lipinski definition) is 1. The molecule has 3 nitrogen and oxygen atoms in total. The Morgan fingerprint density at radius 1 is 0.962 bits per heavy atom. The Bertz CT molecular complexity index is 807. The van der Waals surface area contributed by atoms with Crippen molar-refractivity contribution in [2.75, 3.05) is 5.32 Å². The summed E-state index contributed by atoms with van der Waals surface area (Å²) < 4.78 is 38.0. The summed E-state index contributed by atoms with van der Waals surface area (Å²) in [5.74, 6) is -1.43. The zero-order valence-electron chi connectivity index (χ0n) is 14.3. The van der Waals surface area contributed by atoms with Crippen LogP contribution in [0.4, 0.5) is 18.9 Å². The van der Waals surface area contributed by atoms with E-state index in [1.165, 1.54) is 18.2 Å². The standard InChI is InChI=1S/C20H18F3NO2/c1-13(2)18(25)17(19(26)24-16-6-4-3-5-7-16)12-14-8-10-15(11-9-14)20(21,22)23/h3-13H,1-2H3,(H,24,26). The van der Waals surface area contributed by atoms with Crippen LogP contribution in [0.5, 0.6) is 0 Å². The molecule has 0 heterocycles. The van der Waals surface area contributed by atoms with Crippen molar-refractivity contribution in [2.24, 2.45) is 5.92 Å². The van der Waals surface area contributed by atoms with E-state index in [9.17, 15) is 22.8 Å². The molecule has 6 heteroatoms. The molecule has 0 fully saturated rings. The third kappa shape index (κ3) is 5.05. The van der Waals surface area contributed by atoms with Crippen LogP contribution < -0.4 is 5.32 Å². The fourth-order valence-electron chi connectivity index (χ4n) is 2.21. The SMILES string of the molecule is CC(C)C(=O)C(=Cc1ccc(C(F)(F)F)cc1)C(=O)Nc1ccccc1. The van der Waals surface area contributed by atoms with Crippen molar-refractivity contribution in [3.63, 3.8) is 0 Å². The lowest BCUT2D eigenvalue weighted by atomic mass is 9.97. The first-order chi connectivity index (χ1) is 12.2. The topological polar surface area (TPSA) is 46.2 Å². The summed E-state index contributed by atoms with van der Waals surface area (Å²) >= 11 is 0. The predicted octanol–water partition coefficient (Wildman–Crippen LogP) is 4.95. The number of anilines is 1. The smallest absolute Gasteiger partial charge is 0.322 e. The third-order valence-corrected chi connectivity index (χ3v) is 3.62. The van der Waals surface area contributed by atoms with Crippen molar-refractivity contribution in [1.29, 1.82) is 0 Å². The van der Waals surface area contributed by atoms with Crippen LogP contribution in [0.15, 0.2) is 60.2 Å². The number of ketones is 1. The maximum atomic E-state index is 12.7. The molecule has 0 unspecified atom stereocenters. The monoisotopic (exact) mass is 361 g/mol. The second kappa shape index (κ2) is 7.99. The van der Waals surface area contributed by atoms with Gasteiger partial charge < -0.3 is 5.32 Å². The number of amides is 1. The first-order valence-corrected chi connectivity index (χ1v) is 7.98. The average molecular weight is 361 g/mol. The molecule has 0 saturated heterocycles. The Morgan fingerprint density at radius 3 is 2.04 bits per heavy atom. The van der Waals surface area contributed by atoms with Crippen LogP contribution in [0.1, 0.15) is 25.0 Å². The highest BCUT2D eigenvalue weighted by Gasteiger charge is 2.30. The summed E-state index contributed by atoms with van der Waals surface area (Å²) in [4.78, 5) is 24.9. The van der Waals surface area contributed by atoms with Gasteiger partial charge in [-0.3, -0.25) is 9.59 Å². The number of halogens is 3. The van der Waals surface area contributed by atoms with Gasteiger partial charge in [0.25, 0.3) is 5.91 Å². The molecule has 0 saturated carbocycles. The van der Waals surface area contributed by atoms with E-state index in [1.54, 1.807) is 44.2 Å². The second-order valence-electron chi connectivity index (χ2n) is 6.02. The zero-order valence-corrected chi connectivity index (χ0v) is 14.3. The number of alkyl halides is 3. The van der Waals surface area contributed by atoms with Gasteiger partial charge in [-0.25, -0.2) is 0 Å². The van der Waals surface area contributed by atoms with E-state index >= 15 is 0 Å². The predicted molar refractivity (Wildman–Crippen MR) is 94.3 cm³/mol. The zero-order chi connectivity index (χ0) is 19.3. The van der Waals surface area contributed by atoms with Crippen LogP contribution >= 0.6 is 0 Å². The van der Waals surface area contributed by atoms with Crippen LogP contribution in [-0.4, -0.2) is 11.7 Å². The number of nitrogens with one attached hydrogen (secondary N) is 1. The van der Waals surface area contributed by atoms with E-state index in [0.29, 0.717) is 11.3 Å². The van der Waals surface area contributed by atoms with Gasteiger partial charge in [-0.15, -0.1) is 0 Å². The van der Waals surface area contributed by atoms with Gasteiger partial charge in [0.15, 0.2) is 5.78 Å². The van der Waals surface area contributed by atoms with Gasteiger partial charge in [0, 0.05) is 11.6 Å². The highest BCUT2D eigenvalue weighted by Crippen LogP contribution is 2.29. The molecule has 0 bridgehead atoms. The van der Waals surface area contributed by atoms with E-state index in [1.807, 2.05) is 0 Å². The first-order valence-electron chi connectivity index (χ1n) is 7.98. The molecule has 0 atom stereocenters. The van der Waals surface area contributed by atoms with Crippen LogP contribution in [0, 0.1) is 5.92 Å². The third-order valence-electron chi connectivity index (χ3n) is 3.62. The van der Waals surface area contributed by atoms with Crippen molar-refractivity contribution >= 4 is 23.5 Å². The number of para-hydroxylation sites is 1. The van der Waals surface area contributed by atoms with Crippen molar-refractivity contribution in [3.05, 3.63) is 71.3 Å². The molecular formula is C20H18F3NO2. The van der Waals surface area contributed by atoms with Gasteiger partial charge in [0.1, 0.15) is 0 Å². The minimum atomic E-state index is -4.44. The van der Waals surface area contributed by atoms with E-state index in [-0.39, 0.29) is 5.57 Å². The van der Waals surface area contributed by atoms with Crippen LogP contribution in [0.25, 0.3) is 6.08 Å². The molecule has 1 N–H and O–H groups in total. The Hall–Kier alpha value is -2.89. The van der Waals surface area contributed by atoms with Gasteiger partial charge in [0.2, 0.25) is 0 Å². The molecule has 1 amide bonds. The van der Waals surface area contributed by atoms with Gasteiger partial charge >= 0.3 is 6.18 Å². The molecule has 0 aromatic heterocycles. The molecule has 0 aliphatic heterocycles. The fraction of sp³-hybridized carbons (Fsp3) is 0.200. The van der Waals surface area contributed by atoms with Crippen molar-refractivity contribution in [1.82, 2.24) is 0 Å². The molecule has 2 aromatic rings. The largest absolute Gasteiger partial charge is 0.416 e. The lowest BCUT2D eigenvalue weighted by molar-refractivity contribution is -0.137. The van der Waals surface area contributed by atoms with Gasteiger partial charge in [-0.1, -0.05) is 44.2 Å². The number of hydrogen-bond acceptors (Lipinski definition) is 2. The minimum Gasteiger partial charge on any atom is -0.322 e. The van der Waals surface area contributed by atoms with Crippen LogP contribution in [-0.2, 0) is 15.8 Å². The number of carbonyl (C=O) groups is 2.